The summed E-state index contributed by atoms with van der Waals surface area (Å²) < 4.78 is 9.47. The standard InChI is InChI=1S/C20H26N6O2/c1-16-4-2-8-26-17(14-21-5-3-7-24-9-6-22-15-24)18(23-19(16)26)20(27)25-10-12-28-13-11-25/h2,4,6,8-9,15,21H,3,5,7,10-14H2,1H3. The Morgan fingerprint density at radius 2 is 2.14 bits per heavy atom. The molecule has 0 radical (unpaired) electrons. The zero-order valence-corrected chi connectivity index (χ0v) is 16.2. The predicted molar refractivity (Wildman–Crippen MR) is 105 cm³/mol. The first-order chi connectivity index (χ1) is 13.7. The van der Waals surface area contributed by atoms with E-state index in [0.29, 0.717) is 38.5 Å². The van der Waals surface area contributed by atoms with Crippen LogP contribution < -0.4 is 5.32 Å². The number of aryl methyl sites for hydroxylation is 2. The topological polar surface area (TPSA) is 76.7 Å². The number of imidazole rings is 2. The Balaban J connectivity index is 1.49. The second kappa shape index (κ2) is 8.53. The summed E-state index contributed by atoms with van der Waals surface area (Å²) in [4.78, 5) is 23.7. The minimum Gasteiger partial charge on any atom is -0.378 e. The summed E-state index contributed by atoms with van der Waals surface area (Å²) in [5, 5.41) is 3.47. The van der Waals surface area contributed by atoms with Gasteiger partial charge in [0.2, 0.25) is 0 Å². The summed E-state index contributed by atoms with van der Waals surface area (Å²) in [6.45, 7) is 6.78. The van der Waals surface area contributed by atoms with E-state index in [9.17, 15) is 4.79 Å². The van der Waals surface area contributed by atoms with Gasteiger partial charge in [0.1, 0.15) is 5.65 Å². The second-order valence-corrected chi connectivity index (χ2v) is 7.03. The lowest BCUT2D eigenvalue weighted by Gasteiger charge is -2.26. The van der Waals surface area contributed by atoms with Gasteiger partial charge in [-0.2, -0.15) is 0 Å². The molecular weight excluding hydrogens is 356 g/mol. The SMILES string of the molecule is Cc1cccn2c(CNCCCn3ccnc3)c(C(=O)N3CCOCC3)nc12. The van der Waals surface area contributed by atoms with Crippen LogP contribution in [0.15, 0.2) is 37.1 Å². The number of rotatable bonds is 7. The number of aromatic nitrogens is 4. The van der Waals surface area contributed by atoms with E-state index in [0.717, 1.165) is 36.4 Å². The quantitative estimate of drug-likeness (QED) is 0.627. The van der Waals surface area contributed by atoms with Crippen LogP contribution in [0.25, 0.3) is 5.65 Å². The van der Waals surface area contributed by atoms with Crippen molar-refractivity contribution in [1.82, 2.24) is 29.2 Å². The lowest BCUT2D eigenvalue weighted by Crippen LogP contribution is -2.41. The third kappa shape index (κ3) is 3.93. The van der Waals surface area contributed by atoms with E-state index in [1.54, 1.807) is 6.20 Å². The fraction of sp³-hybridized carbons (Fsp3) is 0.450. The van der Waals surface area contributed by atoms with Crippen molar-refractivity contribution in [1.29, 1.82) is 0 Å². The maximum Gasteiger partial charge on any atom is 0.274 e. The molecule has 0 aromatic carbocycles. The molecule has 1 saturated heterocycles. The molecule has 4 heterocycles. The van der Waals surface area contributed by atoms with Gasteiger partial charge in [0.15, 0.2) is 5.69 Å². The van der Waals surface area contributed by atoms with Gasteiger partial charge >= 0.3 is 0 Å². The number of carbonyl (C=O) groups excluding carboxylic acids is 1. The van der Waals surface area contributed by atoms with E-state index >= 15 is 0 Å². The van der Waals surface area contributed by atoms with E-state index in [1.165, 1.54) is 0 Å². The van der Waals surface area contributed by atoms with Crippen LogP contribution >= 0.6 is 0 Å². The molecular formula is C20H26N6O2. The van der Waals surface area contributed by atoms with Crippen molar-refractivity contribution in [3.8, 4) is 0 Å². The summed E-state index contributed by atoms with van der Waals surface area (Å²) in [6, 6.07) is 4.02. The van der Waals surface area contributed by atoms with Crippen molar-refractivity contribution in [3.05, 3.63) is 54.0 Å². The summed E-state index contributed by atoms with van der Waals surface area (Å²) >= 11 is 0. The number of hydrogen-bond donors (Lipinski definition) is 1. The Hall–Kier alpha value is -2.71. The number of ether oxygens (including phenoxy) is 1. The largest absolute Gasteiger partial charge is 0.378 e. The number of amides is 1. The van der Waals surface area contributed by atoms with Crippen molar-refractivity contribution < 1.29 is 9.53 Å². The summed E-state index contributed by atoms with van der Waals surface area (Å²) in [5.41, 5.74) is 3.36. The number of nitrogens with zero attached hydrogens (tertiary/aromatic N) is 5. The molecule has 0 unspecified atom stereocenters. The van der Waals surface area contributed by atoms with E-state index in [-0.39, 0.29) is 5.91 Å². The predicted octanol–water partition coefficient (Wildman–Crippen LogP) is 1.49. The molecule has 3 aromatic heterocycles. The van der Waals surface area contributed by atoms with Gasteiger partial charge in [0.25, 0.3) is 5.91 Å². The Morgan fingerprint density at radius 3 is 2.93 bits per heavy atom. The molecule has 1 fully saturated rings. The molecule has 0 aliphatic carbocycles. The van der Waals surface area contributed by atoms with Crippen LogP contribution in [0.4, 0.5) is 0 Å². The molecule has 148 valence electrons. The van der Waals surface area contributed by atoms with Crippen LogP contribution in [0.2, 0.25) is 0 Å². The second-order valence-electron chi connectivity index (χ2n) is 7.03. The average molecular weight is 382 g/mol. The Morgan fingerprint density at radius 1 is 1.29 bits per heavy atom. The molecule has 1 N–H and O–H groups in total. The lowest BCUT2D eigenvalue weighted by molar-refractivity contribution is 0.0298. The third-order valence-corrected chi connectivity index (χ3v) is 5.07. The molecule has 4 rings (SSSR count). The molecule has 28 heavy (non-hydrogen) atoms. The van der Waals surface area contributed by atoms with Gasteiger partial charge in [-0.3, -0.25) is 4.79 Å². The van der Waals surface area contributed by atoms with Gasteiger partial charge in [0.05, 0.1) is 25.2 Å². The van der Waals surface area contributed by atoms with Gasteiger partial charge in [-0.15, -0.1) is 0 Å². The maximum atomic E-state index is 13.1. The van der Waals surface area contributed by atoms with Crippen molar-refractivity contribution >= 4 is 11.6 Å². The van der Waals surface area contributed by atoms with E-state index in [2.05, 4.69) is 14.9 Å². The van der Waals surface area contributed by atoms with Gasteiger partial charge in [0, 0.05) is 44.8 Å². The molecule has 8 nitrogen and oxygen atoms in total. The zero-order chi connectivity index (χ0) is 19.3. The number of morpholine rings is 1. The molecule has 0 bridgehead atoms. The van der Waals surface area contributed by atoms with Crippen molar-refractivity contribution in [3.63, 3.8) is 0 Å². The van der Waals surface area contributed by atoms with E-state index in [4.69, 9.17) is 9.72 Å². The summed E-state index contributed by atoms with van der Waals surface area (Å²) in [6.07, 6.45) is 8.54. The molecule has 1 aliphatic heterocycles. The van der Waals surface area contributed by atoms with Crippen LogP contribution in [0.1, 0.15) is 28.2 Å². The molecule has 8 heteroatoms. The van der Waals surface area contributed by atoms with Crippen LogP contribution in [-0.4, -0.2) is 62.6 Å². The number of fused-ring (bicyclic) bond motifs is 1. The lowest BCUT2D eigenvalue weighted by atomic mass is 10.2. The smallest absolute Gasteiger partial charge is 0.274 e. The Bertz CT molecular complexity index is 928. The molecule has 1 amide bonds. The molecule has 0 spiro atoms. The van der Waals surface area contributed by atoms with Gasteiger partial charge < -0.3 is 23.9 Å². The van der Waals surface area contributed by atoms with Crippen LogP contribution in [0.3, 0.4) is 0 Å². The van der Waals surface area contributed by atoms with Crippen LogP contribution in [0.5, 0.6) is 0 Å². The average Bonchev–Trinajstić information content (AvgIpc) is 3.37. The Labute approximate surface area is 164 Å². The number of hydrogen-bond acceptors (Lipinski definition) is 5. The highest BCUT2D eigenvalue weighted by molar-refractivity contribution is 5.94. The van der Waals surface area contributed by atoms with Crippen molar-refractivity contribution in [2.45, 2.75) is 26.4 Å². The van der Waals surface area contributed by atoms with Gasteiger partial charge in [-0.05, 0) is 31.5 Å². The molecule has 3 aromatic rings. The fourth-order valence-corrected chi connectivity index (χ4v) is 3.52. The minimum absolute atomic E-state index is 0.0124. The van der Waals surface area contributed by atoms with E-state index < -0.39 is 0 Å². The number of nitrogens with one attached hydrogen (secondary N) is 1. The minimum atomic E-state index is -0.0124. The summed E-state index contributed by atoms with van der Waals surface area (Å²) in [5.74, 6) is -0.0124. The number of pyridine rings is 1. The van der Waals surface area contributed by atoms with E-state index in [1.807, 2.05) is 47.1 Å². The van der Waals surface area contributed by atoms with Crippen molar-refractivity contribution in [2.24, 2.45) is 0 Å². The highest BCUT2D eigenvalue weighted by Crippen LogP contribution is 2.18. The molecule has 1 aliphatic rings. The fourth-order valence-electron chi connectivity index (χ4n) is 3.52. The zero-order valence-electron chi connectivity index (χ0n) is 16.2. The van der Waals surface area contributed by atoms with Crippen LogP contribution in [0, 0.1) is 6.92 Å². The van der Waals surface area contributed by atoms with Crippen molar-refractivity contribution in [2.75, 3.05) is 32.8 Å². The normalized spacial score (nSPS) is 14.7. The third-order valence-electron chi connectivity index (χ3n) is 5.07. The first-order valence-corrected chi connectivity index (χ1v) is 9.74. The van der Waals surface area contributed by atoms with Gasteiger partial charge in [-0.25, -0.2) is 9.97 Å². The van der Waals surface area contributed by atoms with Crippen LogP contribution in [-0.2, 0) is 17.8 Å². The first-order valence-electron chi connectivity index (χ1n) is 9.74. The highest BCUT2D eigenvalue weighted by atomic mass is 16.5. The summed E-state index contributed by atoms with van der Waals surface area (Å²) in [7, 11) is 0. The Kier molecular flexibility index (Phi) is 5.68. The number of carbonyl (C=O) groups is 1. The highest BCUT2D eigenvalue weighted by Gasteiger charge is 2.25. The molecule has 0 saturated carbocycles. The first kappa shape index (κ1) is 18.6. The maximum absolute atomic E-state index is 13.1. The monoisotopic (exact) mass is 382 g/mol. The molecule has 0 atom stereocenters. The van der Waals surface area contributed by atoms with Gasteiger partial charge in [-0.1, -0.05) is 6.07 Å².